The molecule has 2 unspecified atom stereocenters. The van der Waals surface area contributed by atoms with Gasteiger partial charge in [0.2, 0.25) is 5.91 Å². The second-order valence-electron chi connectivity index (χ2n) is 8.13. The summed E-state index contributed by atoms with van der Waals surface area (Å²) in [5, 5.41) is 8.92. The van der Waals surface area contributed by atoms with Gasteiger partial charge in [0, 0.05) is 49.9 Å². The van der Waals surface area contributed by atoms with Crippen LogP contribution >= 0.6 is 11.3 Å². The van der Waals surface area contributed by atoms with Gasteiger partial charge in [-0.05, 0) is 42.7 Å². The normalized spacial score (nSPS) is 17.9. The van der Waals surface area contributed by atoms with Crippen LogP contribution in [0.2, 0.25) is 0 Å². The number of rotatable bonds is 10. The molecule has 1 saturated heterocycles. The van der Waals surface area contributed by atoms with E-state index < -0.39 is 0 Å². The molecule has 0 spiro atoms. The van der Waals surface area contributed by atoms with E-state index in [4.69, 9.17) is 4.99 Å². The van der Waals surface area contributed by atoms with Gasteiger partial charge < -0.3 is 15.5 Å². The van der Waals surface area contributed by atoms with E-state index in [0.29, 0.717) is 18.3 Å². The lowest BCUT2D eigenvalue weighted by atomic mass is 10.1. The van der Waals surface area contributed by atoms with Crippen molar-refractivity contribution in [1.29, 1.82) is 0 Å². The maximum Gasteiger partial charge on any atom is 0.223 e. The summed E-state index contributed by atoms with van der Waals surface area (Å²) in [6.45, 7) is 8.35. The van der Waals surface area contributed by atoms with Crippen molar-refractivity contribution < 1.29 is 4.79 Å². The van der Waals surface area contributed by atoms with E-state index in [0.717, 1.165) is 51.5 Å². The topological polar surface area (TPSA) is 56.7 Å². The molecule has 30 heavy (non-hydrogen) atoms. The van der Waals surface area contributed by atoms with Gasteiger partial charge in [-0.25, -0.2) is 0 Å². The van der Waals surface area contributed by atoms with Crippen LogP contribution in [0.5, 0.6) is 0 Å². The lowest BCUT2D eigenvalue weighted by molar-refractivity contribution is -0.127. The molecule has 1 aromatic heterocycles. The summed E-state index contributed by atoms with van der Waals surface area (Å²) in [6, 6.07) is 14.7. The van der Waals surface area contributed by atoms with Gasteiger partial charge in [0.05, 0.1) is 0 Å². The van der Waals surface area contributed by atoms with Gasteiger partial charge in [0.15, 0.2) is 5.96 Å². The van der Waals surface area contributed by atoms with Crippen molar-refractivity contribution in [2.45, 2.75) is 33.1 Å². The summed E-state index contributed by atoms with van der Waals surface area (Å²) in [5.74, 6) is 1.95. The molecule has 2 atom stereocenters. The van der Waals surface area contributed by atoms with Crippen molar-refractivity contribution >= 4 is 23.2 Å². The molecule has 2 aromatic rings. The van der Waals surface area contributed by atoms with Crippen LogP contribution < -0.4 is 10.6 Å². The largest absolute Gasteiger partial charge is 0.357 e. The highest BCUT2D eigenvalue weighted by Gasteiger charge is 2.29. The molecule has 162 valence electrons. The first-order valence-electron chi connectivity index (χ1n) is 11.0. The van der Waals surface area contributed by atoms with Crippen molar-refractivity contribution in [3.05, 3.63) is 58.3 Å². The average Bonchev–Trinajstić information content (AvgIpc) is 3.38. The third-order valence-electron chi connectivity index (χ3n) is 5.40. The lowest BCUT2D eigenvalue weighted by Crippen LogP contribution is -2.40. The summed E-state index contributed by atoms with van der Waals surface area (Å²) in [7, 11) is 0. The molecule has 5 nitrogen and oxygen atoms in total. The number of hydrogen-bond acceptors (Lipinski definition) is 3. The Morgan fingerprint density at radius 3 is 2.80 bits per heavy atom. The van der Waals surface area contributed by atoms with Gasteiger partial charge in [-0.2, -0.15) is 0 Å². The minimum Gasteiger partial charge on any atom is -0.357 e. The van der Waals surface area contributed by atoms with Gasteiger partial charge >= 0.3 is 0 Å². The summed E-state index contributed by atoms with van der Waals surface area (Å²) >= 11 is 1.81. The number of thiophene rings is 1. The number of carbonyl (C=O) groups excluding carboxylic acids is 1. The molecule has 1 aliphatic heterocycles. The van der Waals surface area contributed by atoms with E-state index in [1.807, 2.05) is 22.3 Å². The van der Waals surface area contributed by atoms with Crippen LogP contribution in [0.15, 0.2) is 52.8 Å². The monoisotopic (exact) mass is 426 g/mol. The first kappa shape index (κ1) is 22.3. The SMILES string of the molecule is CCNC(=NCC(C)Cc1cccs1)NCC1CC(=O)N(CCc2ccccc2)C1. The molecular formula is C24H34N4OS. The first-order chi connectivity index (χ1) is 14.6. The summed E-state index contributed by atoms with van der Waals surface area (Å²) in [5.41, 5.74) is 1.28. The Balaban J connectivity index is 1.43. The fourth-order valence-corrected chi connectivity index (χ4v) is 4.65. The number of amides is 1. The zero-order valence-electron chi connectivity index (χ0n) is 18.1. The molecule has 1 aromatic carbocycles. The number of nitrogens with one attached hydrogen (secondary N) is 2. The van der Waals surface area contributed by atoms with Crippen molar-refractivity contribution in [1.82, 2.24) is 15.5 Å². The molecule has 2 N–H and O–H groups in total. The Labute approximate surface area is 184 Å². The number of benzene rings is 1. The van der Waals surface area contributed by atoms with Crippen LogP contribution in [0.1, 0.15) is 30.7 Å². The maximum atomic E-state index is 12.4. The number of hydrogen-bond donors (Lipinski definition) is 2. The highest BCUT2D eigenvalue weighted by Crippen LogP contribution is 2.18. The Morgan fingerprint density at radius 2 is 2.07 bits per heavy atom. The number of aliphatic imine (C=N–C) groups is 1. The molecule has 1 fully saturated rings. The van der Waals surface area contributed by atoms with Crippen LogP contribution in [0.4, 0.5) is 0 Å². The van der Waals surface area contributed by atoms with Gasteiger partial charge in [-0.1, -0.05) is 43.3 Å². The van der Waals surface area contributed by atoms with Crippen LogP contribution in [0.25, 0.3) is 0 Å². The molecule has 0 radical (unpaired) electrons. The van der Waals surface area contributed by atoms with E-state index in [2.05, 4.69) is 66.3 Å². The third-order valence-corrected chi connectivity index (χ3v) is 6.30. The third kappa shape index (κ3) is 7.17. The number of nitrogens with zero attached hydrogens (tertiary/aromatic N) is 2. The van der Waals surface area contributed by atoms with Gasteiger partial charge in [-0.15, -0.1) is 11.3 Å². The van der Waals surface area contributed by atoms with Crippen LogP contribution in [0, 0.1) is 11.8 Å². The zero-order valence-corrected chi connectivity index (χ0v) is 19.0. The average molecular weight is 427 g/mol. The molecule has 2 heterocycles. The second kappa shape index (κ2) is 11.7. The Hall–Kier alpha value is -2.34. The fraction of sp³-hybridized carbons (Fsp3) is 0.500. The molecule has 0 bridgehead atoms. The van der Waals surface area contributed by atoms with E-state index in [9.17, 15) is 4.79 Å². The summed E-state index contributed by atoms with van der Waals surface area (Å²) < 4.78 is 0. The summed E-state index contributed by atoms with van der Waals surface area (Å²) in [6.07, 6.45) is 2.60. The quantitative estimate of drug-likeness (QED) is 0.451. The molecule has 1 amide bonds. The van der Waals surface area contributed by atoms with Gasteiger partial charge in [-0.3, -0.25) is 9.79 Å². The molecule has 0 aliphatic carbocycles. The molecular weight excluding hydrogens is 392 g/mol. The van der Waals surface area contributed by atoms with Gasteiger partial charge in [0.1, 0.15) is 0 Å². The first-order valence-corrected chi connectivity index (χ1v) is 11.9. The number of guanidine groups is 1. The molecule has 3 rings (SSSR count). The lowest BCUT2D eigenvalue weighted by Gasteiger charge is -2.18. The van der Waals surface area contributed by atoms with E-state index in [1.54, 1.807) is 0 Å². The number of carbonyl (C=O) groups is 1. The van der Waals surface area contributed by atoms with E-state index in [1.165, 1.54) is 10.4 Å². The van der Waals surface area contributed by atoms with E-state index in [-0.39, 0.29) is 5.91 Å². The molecule has 0 saturated carbocycles. The van der Waals surface area contributed by atoms with Crippen molar-refractivity contribution in [2.24, 2.45) is 16.8 Å². The maximum absolute atomic E-state index is 12.4. The van der Waals surface area contributed by atoms with Crippen LogP contribution in [0.3, 0.4) is 0 Å². The standard InChI is InChI=1S/C24H34N4OS/c1-3-25-24(26-16-19(2)14-22-10-7-13-30-22)27-17-21-15-23(29)28(18-21)12-11-20-8-5-4-6-9-20/h4-10,13,19,21H,3,11-12,14-18H2,1-2H3,(H2,25,26,27). The van der Waals surface area contributed by atoms with Crippen LogP contribution in [-0.4, -0.2) is 49.5 Å². The van der Waals surface area contributed by atoms with Crippen molar-refractivity contribution in [3.63, 3.8) is 0 Å². The smallest absolute Gasteiger partial charge is 0.223 e. The molecule has 1 aliphatic rings. The highest BCUT2D eigenvalue weighted by molar-refractivity contribution is 7.09. The Bertz CT molecular complexity index is 791. The zero-order chi connectivity index (χ0) is 21.2. The van der Waals surface area contributed by atoms with Crippen molar-refractivity contribution in [3.8, 4) is 0 Å². The summed E-state index contributed by atoms with van der Waals surface area (Å²) in [4.78, 5) is 20.6. The second-order valence-corrected chi connectivity index (χ2v) is 9.17. The predicted molar refractivity (Wildman–Crippen MR) is 126 cm³/mol. The van der Waals surface area contributed by atoms with Gasteiger partial charge in [0.25, 0.3) is 0 Å². The van der Waals surface area contributed by atoms with E-state index >= 15 is 0 Å². The Kier molecular flexibility index (Phi) is 8.75. The minimum atomic E-state index is 0.268. The predicted octanol–water partition coefficient (Wildman–Crippen LogP) is 3.57. The van der Waals surface area contributed by atoms with Crippen LogP contribution in [-0.2, 0) is 17.6 Å². The molecule has 6 heteroatoms. The number of likely N-dealkylation sites (tertiary alicyclic amines) is 1. The fourth-order valence-electron chi connectivity index (χ4n) is 3.78. The Morgan fingerprint density at radius 1 is 1.23 bits per heavy atom. The van der Waals surface area contributed by atoms with Crippen molar-refractivity contribution in [2.75, 3.05) is 32.7 Å². The minimum absolute atomic E-state index is 0.268. The highest BCUT2D eigenvalue weighted by atomic mass is 32.1.